The summed E-state index contributed by atoms with van der Waals surface area (Å²) in [5, 5.41) is 15.8. The van der Waals surface area contributed by atoms with Crippen molar-refractivity contribution in [2.24, 2.45) is 0 Å². The summed E-state index contributed by atoms with van der Waals surface area (Å²) >= 11 is 0. The molecule has 2 fully saturated rings. The Morgan fingerprint density at radius 1 is 1.20 bits per heavy atom. The molecule has 4 heterocycles. The van der Waals surface area contributed by atoms with Crippen LogP contribution in [0.5, 0.6) is 5.75 Å². The van der Waals surface area contributed by atoms with Crippen molar-refractivity contribution in [3.05, 3.63) is 43.0 Å². The van der Waals surface area contributed by atoms with Crippen LogP contribution in [0.3, 0.4) is 0 Å². The predicted octanol–water partition coefficient (Wildman–Crippen LogP) is 3.84. The number of fused-ring (bicyclic) bond motifs is 3. The minimum atomic E-state index is -0.973. The molecule has 7 heteroatoms. The maximum Gasteiger partial charge on any atom is 0.147 e. The smallest absolute Gasteiger partial charge is 0.147 e. The van der Waals surface area contributed by atoms with Gasteiger partial charge >= 0.3 is 0 Å². The summed E-state index contributed by atoms with van der Waals surface area (Å²) in [5.41, 5.74) is 0.719. The number of halogens is 1. The Morgan fingerprint density at radius 2 is 2.07 bits per heavy atom. The lowest BCUT2D eigenvalue weighted by Gasteiger charge is -2.52. The molecule has 0 saturated carbocycles. The third kappa shape index (κ3) is 3.17. The number of alkyl halides is 1. The Balaban J connectivity index is 1.42. The number of hydrogen-bond acceptors (Lipinski definition) is 6. The van der Waals surface area contributed by atoms with Crippen LogP contribution < -0.4 is 10.2 Å². The number of nitrogens with zero attached hydrogens (tertiary/aromatic N) is 4. The summed E-state index contributed by atoms with van der Waals surface area (Å²) in [6, 6.07) is 5.57. The molecular formula is C23H26FN5O. The summed E-state index contributed by atoms with van der Waals surface area (Å²) < 4.78 is 15.4. The topological polar surface area (TPSA) is 74.2 Å². The van der Waals surface area contributed by atoms with Gasteiger partial charge in [-0.15, -0.1) is 0 Å². The molecule has 2 N–H and O–H groups in total. The van der Waals surface area contributed by atoms with E-state index in [4.69, 9.17) is 0 Å². The number of phenolic OH excluding ortho intramolecular Hbond substituents is 1. The molecule has 0 radical (unpaired) electrons. The van der Waals surface area contributed by atoms with Gasteiger partial charge < -0.3 is 15.3 Å². The number of pyridine rings is 1. The van der Waals surface area contributed by atoms with Gasteiger partial charge in [-0.3, -0.25) is 9.97 Å². The molecule has 4 atom stereocenters. The lowest BCUT2D eigenvalue weighted by atomic mass is 9.73. The zero-order valence-electron chi connectivity index (χ0n) is 17.2. The lowest BCUT2D eigenvalue weighted by molar-refractivity contribution is 0.0405. The van der Waals surface area contributed by atoms with Crippen LogP contribution in [0.2, 0.25) is 0 Å². The molecule has 1 unspecified atom stereocenters. The summed E-state index contributed by atoms with van der Waals surface area (Å²) in [5.74, 6) is 0.772. The van der Waals surface area contributed by atoms with Gasteiger partial charge in [0.05, 0.1) is 24.1 Å². The van der Waals surface area contributed by atoms with E-state index >= 15 is 4.39 Å². The second-order valence-electron chi connectivity index (χ2n) is 8.82. The van der Waals surface area contributed by atoms with Gasteiger partial charge in [0, 0.05) is 42.0 Å². The van der Waals surface area contributed by atoms with Gasteiger partial charge in [-0.05, 0) is 56.2 Å². The summed E-state index contributed by atoms with van der Waals surface area (Å²) in [6.07, 6.45) is 9.55. The van der Waals surface area contributed by atoms with Crippen LogP contribution in [0.1, 0.15) is 32.6 Å². The molecule has 2 saturated heterocycles. The van der Waals surface area contributed by atoms with E-state index in [0.29, 0.717) is 23.1 Å². The molecule has 30 heavy (non-hydrogen) atoms. The highest BCUT2D eigenvalue weighted by molar-refractivity contribution is 5.89. The van der Waals surface area contributed by atoms with Crippen molar-refractivity contribution in [3.8, 4) is 17.0 Å². The number of anilines is 1. The number of phenols is 1. The molecule has 2 aromatic heterocycles. The average molecular weight is 407 g/mol. The molecule has 156 valence electrons. The van der Waals surface area contributed by atoms with Crippen molar-refractivity contribution in [1.82, 2.24) is 20.3 Å². The van der Waals surface area contributed by atoms with Crippen LogP contribution >= 0.6 is 0 Å². The molecule has 2 bridgehead atoms. The maximum atomic E-state index is 15.4. The fraction of sp³-hybridized carbons (Fsp3) is 0.435. The molecule has 2 aliphatic rings. The summed E-state index contributed by atoms with van der Waals surface area (Å²) in [6.45, 7) is 2.00. The van der Waals surface area contributed by atoms with Gasteiger partial charge in [-0.25, -0.2) is 9.37 Å². The van der Waals surface area contributed by atoms with Gasteiger partial charge in [0.2, 0.25) is 0 Å². The standard InChI is InChI=1S/C23H26FN5O/c1-23-6-3-4-16(28-23)10-19(22(23)24)29(2)21-13-26-18(12-27-21)17-8-14-5-7-25-11-15(14)9-20(17)30/h5,7-9,11-13,16,19,22,28,30H,3-4,6,10H2,1-2H3/t16?,19-,22+,23+/m1/s1. The quantitative estimate of drug-likeness (QED) is 0.687. The van der Waals surface area contributed by atoms with E-state index in [1.165, 1.54) is 0 Å². The molecule has 0 amide bonds. The van der Waals surface area contributed by atoms with E-state index < -0.39 is 11.7 Å². The number of hydrogen-bond donors (Lipinski definition) is 2. The Hall–Kier alpha value is -2.80. The van der Waals surface area contributed by atoms with Crippen LogP contribution in [0.25, 0.3) is 22.0 Å². The Kier molecular flexibility index (Phi) is 4.58. The number of aromatic nitrogens is 3. The fourth-order valence-corrected chi connectivity index (χ4v) is 5.05. The molecule has 5 rings (SSSR count). The molecule has 6 nitrogen and oxygen atoms in total. The first-order chi connectivity index (χ1) is 14.4. The van der Waals surface area contributed by atoms with Crippen LogP contribution in [0.4, 0.5) is 10.2 Å². The van der Waals surface area contributed by atoms with E-state index in [1.54, 1.807) is 30.9 Å². The number of aromatic hydroxyl groups is 1. The SMILES string of the molecule is CN(c1cnc(-c2cc3ccncc3cc2O)cn1)[C@@H]1CC2CCC[C@](C)(N2)[C@H]1F. The van der Waals surface area contributed by atoms with Crippen molar-refractivity contribution >= 4 is 16.6 Å². The van der Waals surface area contributed by atoms with Gasteiger partial charge in [0.1, 0.15) is 17.7 Å². The summed E-state index contributed by atoms with van der Waals surface area (Å²) in [7, 11) is 1.89. The van der Waals surface area contributed by atoms with Crippen molar-refractivity contribution < 1.29 is 9.50 Å². The fourth-order valence-electron chi connectivity index (χ4n) is 5.05. The molecule has 0 aliphatic carbocycles. The van der Waals surface area contributed by atoms with E-state index in [2.05, 4.69) is 20.3 Å². The molecule has 2 aliphatic heterocycles. The van der Waals surface area contributed by atoms with Crippen molar-refractivity contribution in [3.63, 3.8) is 0 Å². The van der Waals surface area contributed by atoms with Crippen LogP contribution in [0.15, 0.2) is 43.0 Å². The Morgan fingerprint density at radius 3 is 2.87 bits per heavy atom. The molecule has 1 aromatic carbocycles. The monoisotopic (exact) mass is 407 g/mol. The minimum Gasteiger partial charge on any atom is -0.507 e. The first-order valence-electron chi connectivity index (χ1n) is 10.5. The van der Waals surface area contributed by atoms with E-state index in [1.807, 2.05) is 31.0 Å². The van der Waals surface area contributed by atoms with Gasteiger partial charge in [0.15, 0.2) is 0 Å². The second kappa shape index (κ2) is 7.16. The number of rotatable bonds is 3. The van der Waals surface area contributed by atoms with Crippen molar-refractivity contribution in [1.29, 1.82) is 0 Å². The van der Waals surface area contributed by atoms with E-state index in [9.17, 15) is 5.11 Å². The summed E-state index contributed by atoms with van der Waals surface area (Å²) in [4.78, 5) is 15.1. The maximum absolute atomic E-state index is 15.4. The zero-order valence-corrected chi connectivity index (χ0v) is 17.2. The third-order valence-corrected chi connectivity index (χ3v) is 6.78. The minimum absolute atomic E-state index is 0.133. The third-order valence-electron chi connectivity index (χ3n) is 6.78. The second-order valence-corrected chi connectivity index (χ2v) is 8.82. The van der Waals surface area contributed by atoms with Gasteiger partial charge in [-0.2, -0.15) is 0 Å². The molecule has 0 spiro atoms. The van der Waals surface area contributed by atoms with Crippen LogP contribution in [-0.4, -0.2) is 50.9 Å². The highest BCUT2D eigenvalue weighted by atomic mass is 19.1. The highest BCUT2D eigenvalue weighted by Crippen LogP contribution is 2.39. The van der Waals surface area contributed by atoms with Crippen LogP contribution in [-0.2, 0) is 0 Å². The van der Waals surface area contributed by atoms with Crippen molar-refractivity contribution in [2.75, 3.05) is 11.9 Å². The largest absolute Gasteiger partial charge is 0.507 e. The first-order valence-corrected chi connectivity index (χ1v) is 10.5. The number of benzene rings is 1. The highest BCUT2D eigenvalue weighted by Gasteiger charge is 2.49. The van der Waals surface area contributed by atoms with E-state index in [-0.39, 0.29) is 11.8 Å². The first kappa shape index (κ1) is 19.2. The Bertz CT molecular complexity index is 1070. The van der Waals surface area contributed by atoms with Crippen LogP contribution in [0, 0.1) is 0 Å². The zero-order chi connectivity index (χ0) is 20.9. The average Bonchev–Trinajstić information content (AvgIpc) is 2.75. The van der Waals surface area contributed by atoms with Gasteiger partial charge in [-0.1, -0.05) is 0 Å². The van der Waals surface area contributed by atoms with E-state index in [0.717, 1.165) is 36.5 Å². The number of piperidine rings is 2. The lowest BCUT2D eigenvalue weighted by Crippen LogP contribution is -2.68. The normalized spacial score (nSPS) is 28.4. The predicted molar refractivity (Wildman–Crippen MR) is 115 cm³/mol. The number of nitrogens with one attached hydrogen (secondary N) is 1. The molecule has 3 aromatic rings. The molecular weight excluding hydrogens is 381 g/mol. The van der Waals surface area contributed by atoms with Crippen molar-refractivity contribution in [2.45, 2.75) is 56.4 Å². The van der Waals surface area contributed by atoms with Gasteiger partial charge in [0.25, 0.3) is 0 Å². The Labute approximate surface area is 175 Å².